The number of rotatable bonds is 6. The summed E-state index contributed by atoms with van der Waals surface area (Å²) < 4.78 is 22.1. The zero-order chi connectivity index (χ0) is 15.6. The number of benzene rings is 1. The summed E-state index contributed by atoms with van der Waals surface area (Å²) in [6.45, 7) is 1.84. The predicted octanol–water partition coefficient (Wildman–Crippen LogP) is 1.64. The summed E-state index contributed by atoms with van der Waals surface area (Å²) >= 11 is 0. The van der Waals surface area contributed by atoms with Gasteiger partial charge in [0, 0.05) is 12.0 Å². The number of hydrogen-bond donors (Lipinski definition) is 4. The molecule has 1 rings (SSSR count). The van der Waals surface area contributed by atoms with Crippen LogP contribution in [-0.2, 0) is 9.13 Å². The largest absolute Gasteiger partial charge is 0.340 e. The molecule has 1 aromatic rings. The quantitative estimate of drug-likeness (QED) is 0.462. The van der Waals surface area contributed by atoms with Crippen LogP contribution in [-0.4, -0.2) is 30.8 Å². The molecule has 112 valence electrons. The van der Waals surface area contributed by atoms with Crippen LogP contribution >= 0.6 is 15.2 Å². The van der Waals surface area contributed by atoms with Crippen LogP contribution in [0.4, 0.5) is 0 Å². The van der Waals surface area contributed by atoms with Crippen molar-refractivity contribution in [2.45, 2.75) is 25.2 Å². The lowest BCUT2D eigenvalue weighted by Gasteiger charge is -2.18. The second kappa shape index (κ2) is 6.31. The molecule has 0 saturated carbocycles. The van der Waals surface area contributed by atoms with E-state index in [1.807, 2.05) is 6.92 Å². The Bertz CT molecular complexity index is 547. The van der Waals surface area contributed by atoms with E-state index < -0.39 is 32.8 Å². The van der Waals surface area contributed by atoms with Crippen molar-refractivity contribution < 1.29 is 33.5 Å². The van der Waals surface area contributed by atoms with Crippen molar-refractivity contribution in [1.29, 1.82) is 0 Å². The first-order chi connectivity index (χ1) is 9.01. The fourth-order valence-corrected chi connectivity index (χ4v) is 4.17. The SMILES string of the molecule is Cc1ccc(C(=O)CCC(P(=O)(O)O)P(=O)(O)O)cc1. The Kier molecular flexibility index (Phi) is 5.44. The molecule has 0 aliphatic heterocycles. The molecule has 1 aromatic carbocycles. The maximum Gasteiger partial charge on any atom is 0.340 e. The van der Waals surface area contributed by atoms with Crippen LogP contribution in [0.15, 0.2) is 24.3 Å². The van der Waals surface area contributed by atoms with Gasteiger partial charge in [-0.15, -0.1) is 0 Å². The molecule has 0 spiro atoms. The molecule has 0 aliphatic rings. The molecular formula is C11H16O7P2. The van der Waals surface area contributed by atoms with Crippen molar-refractivity contribution in [3.63, 3.8) is 0 Å². The van der Waals surface area contributed by atoms with Crippen molar-refractivity contribution in [2.75, 3.05) is 0 Å². The van der Waals surface area contributed by atoms with E-state index in [-0.39, 0.29) is 6.42 Å². The molecule has 0 saturated heterocycles. The molecule has 0 radical (unpaired) electrons. The first kappa shape index (κ1) is 17.2. The van der Waals surface area contributed by atoms with Crippen molar-refractivity contribution in [3.8, 4) is 0 Å². The second-order valence-electron chi connectivity index (χ2n) is 4.49. The molecule has 0 fully saturated rings. The van der Waals surface area contributed by atoms with E-state index in [9.17, 15) is 13.9 Å². The zero-order valence-electron chi connectivity index (χ0n) is 10.7. The molecule has 0 bridgehead atoms. The highest BCUT2D eigenvalue weighted by atomic mass is 31.2. The summed E-state index contributed by atoms with van der Waals surface area (Å²) in [6, 6.07) is 6.52. The monoisotopic (exact) mass is 322 g/mol. The third-order valence-corrected chi connectivity index (χ3v) is 6.65. The van der Waals surface area contributed by atoms with Crippen molar-refractivity contribution >= 4 is 21.0 Å². The molecule has 0 amide bonds. The Balaban J connectivity index is 2.79. The molecule has 0 heterocycles. The minimum Gasteiger partial charge on any atom is -0.324 e. The molecule has 0 atom stereocenters. The Hall–Kier alpha value is -0.810. The Morgan fingerprint density at radius 1 is 1.05 bits per heavy atom. The van der Waals surface area contributed by atoms with Gasteiger partial charge in [0.05, 0.1) is 0 Å². The highest BCUT2D eigenvalue weighted by molar-refractivity contribution is 7.70. The Morgan fingerprint density at radius 2 is 1.50 bits per heavy atom. The fraction of sp³-hybridized carbons (Fsp3) is 0.364. The van der Waals surface area contributed by atoms with E-state index in [0.29, 0.717) is 5.56 Å². The molecule has 20 heavy (non-hydrogen) atoms. The summed E-state index contributed by atoms with van der Waals surface area (Å²) in [5, 5.41) is -2.13. The smallest absolute Gasteiger partial charge is 0.324 e. The van der Waals surface area contributed by atoms with Gasteiger partial charge in [0.25, 0.3) is 0 Å². The van der Waals surface area contributed by atoms with Crippen LogP contribution in [0, 0.1) is 6.92 Å². The van der Waals surface area contributed by atoms with Gasteiger partial charge in [0.1, 0.15) is 0 Å². The van der Waals surface area contributed by atoms with Gasteiger partial charge in [0.2, 0.25) is 0 Å². The number of aryl methyl sites for hydroxylation is 1. The first-order valence-corrected chi connectivity index (χ1v) is 9.08. The van der Waals surface area contributed by atoms with Gasteiger partial charge in [-0.2, -0.15) is 0 Å². The van der Waals surface area contributed by atoms with Crippen LogP contribution in [0.2, 0.25) is 0 Å². The van der Waals surface area contributed by atoms with Gasteiger partial charge in [-0.1, -0.05) is 29.8 Å². The topological polar surface area (TPSA) is 132 Å². The molecule has 0 aliphatic carbocycles. The second-order valence-corrected chi connectivity index (χ2v) is 8.50. The minimum atomic E-state index is -4.97. The number of carbonyl (C=O) groups excluding carboxylic acids is 1. The molecule has 4 N–H and O–H groups in total. The summed E-state index contributed by atoms with van der Waals surface area (Å²) in [5.41, 5.74) is 1.29. The molecular weight excluding hydrogens is 306 g/mol. The third kappa shape index (κ3) is 4.94. The van der Waals surface area contributed by atoms with Gasteiger partial charge in [-0.05, 0) is 13.3 Å². The summed E-state index contributed by atoms with van der Waals surface area (Å²) in [7, 11) is -9.94. The summed E-state index contributed by atoms with van der Waals surface area (Å²) in [5.74, 6) is -0.420. The van der Waals surface area contributed by atoms with Gasteiger partial charge in [0.15, 0.2) is 11.2 Å². The maximum atomic E-state index is 11.8. The van der Waals surface area contributed by atoms with E-state index in [1.165, 1.54) is 0 Å². The average Bonchev–Trinajstić information content (AvgIpc) is 2.26. The van der Waals surface area contributed by atoms with Crippen molar-refractivity contribution in [3.05, 3.63) is 35.4 Å². The molecule has 9 heteroatoms. The van der Waals surface area contributed by atoms with Gasteiger partial charge < -0.3 is 19.6 Å². The lowest BCUT2D eigenvalue weighted by atomic mass is 10.1. The number of Topliss-reactive ketones (excluding diaryl/α,β-unsaturated/α-hetero) is 1. The summed E-state index contributed by atoms with van der Waals surface area (Å²) in [6.07, 6.45) is -0.911. The van der Waals surface area contributed by atoms with Crippen LogP contribution in [0.1, 0.15) is 28.8 Å². The van der Waals surface area contributed by atoms with Crippen LogP contribution in [0.3, 0.4) is 0 Å². The third-order valence-electron chi connectivity index (χ3n) is 2.78. The molecule has 0 unspecified atom stereocenters. The summed E-state index contributed by atoms with van der Waals surface area (Å²) in [4.78, 5) is 47.6. The van der Waals surface area contributed by atoms with Crippen LogP contribution < -0.4 is 0 Å². The number of carbonyl (C=O) groups is 1. The van der Waals surface area contributed by atoms with E-state index in [0.717, 1.165) is 5.56 Å². The Labute approximate surface area is 116 Å². The van der Waals surface area contributed by atoms with E-state index in [4.69, 9.17) is 19.6 Å². The van der Waals surface area contributed by atoms with Gasteiger partial charge in [-0.3, -0.25) is 13.9 Å². The highest BCUT2D eigenvalue weighted by Crippen LogP contribution is 2.61. The molecule has 0 aromatic heterocycles. The van der Waals surface area contributed by atoms with E-state index in [1.54, 1.807) is 24.3 Å². The number of ketones is 1. The van der Waals surface area contributed by atoms with E-state index >= 15 is 0 Å². The Morgan fingerprint density at radius 3 is 1.90 bits per heavy atom. The van der Waals surface area contributed by atoms with E-state index in [2.05, 4.69) is 0 Å². The van der Waals surface area contributed by atoms with Crippen LogP contribution in [0.25, 0.3) is 0 Å². The standard InChI is InChI=1S/C11H16O7P2/c1-8-2-4-9(5-3-8)10(12)6-7-11(19(13,14)15)20(16,17)18/h2-5,11H,6-7H2,1H3,(H2,13,14,15)(H2,16,17,18). The van der Waals surface area contributed by atoms with Crippen LogP contribution in [0.5, 0.6) is 0 Å². The van der Waals surface area contributed by atoms with Gasteiger partial charge >= 0.3 is 15.2 Å². The minimum absolute atomic E-state index is 0.339. The number of hydrogen-bond acceptors (Lipinski definition) is 3. The fourth-order valence-electron chi connectivity index (χ4n) is 1.68. The highest BCUT2D eigenvalue weighted by Gasteiger charge is 2.43. The molecule has 7 nitrogen and oxygen atoms in total. The van der Waals surface area contributed by atoms with Crippen molar-refractivity contribution in [2.24, 2.45) is 0 Å². The van der Waals surface area contributed by atoms with Gasteiger partial charge in [-0.25, -0.2) is 0 Å². The average molecular weight is 322 g/mol. The first-order valence-electron chi connectivity index (χ1n) is 5.72. The van der Waals surface area contributed by atoms with Crippen molar-refractivity contribution in [1.82, 2.24) is 0 Å². The maximum absolute atomic E-state index is 11.8. The predicted molar refractivity (Wildman–Crippen MR) is 72.6 cm³/mol. The lowest BCUT2D eigenvalue weighted by molar-refractivity contribution is 0.0980. The normalized spacial score (nSPS) is 12.7. The zero-order valence-corrected chi connectivity index (χ0v) is 12.5. The lowest BCUT2D eigenvalue weighted by Crippen LogP contribution is -2.12.